The van der Waals surface area contributed by atoms with Gasteiger partial charge in [-0.25, -0.2) is 4.98 Å². The van der Waals surface area contributed by atoms with Crippen LogP contribution in [0.4, 0.5) is 0 Å². The Bertz CT molecular complexity index is 1000. The minimum atomic E-state index is -1.40. The zero-order valence-corrected chi connectivity index (χ0v) is 14.5. The Hall–Kier alpha value is -3.11. The summed E-state index contributed by atoms with van der Waals surface area (Å²) in [5, 5.41) is 21.8. The highest BCUT2D eigenvalue weighted by atomic mass is 16.3. The van der Waals surface area contributed by atoms with E-state index in [-0.39, 0.29) is 5.75 Å². The molecule has 0 spiro atoms. The average Bonchev–Trinajstić information content (AvgIpc) is 3.06. The van der Waals surface area contributed by atoms with Crippen molar-refractivity contribution < 1.29 is 10.2 Å². The van der Waals surface area contributed by atoms with Crippen molar-refractivity contribution in [2.75, 3.05) is 0 Å². The Balaban J connectivity index is 2.06. The molecule has 0 amide bonds. The first-order valence-electron chi connectivity index (χ1n) is 8.67. The summed E-state index contributed by atoms with van der Waals surface area (Å²) in [6.45, 7) is 2.67. The number of phenolic OH excluding ortho intramolecular Hbond substituents is 1. The quantitative estimate of drug-likeness (QED) is 0.587. The van der Waals surface area contributed by atoms with Gasteiger partial charge in [-0.15, -0.1) is 0 Å². The number of aromatic nitrogens is 2. The number of rotatable bonds is 4. The van der Waals surface area contributed by atoms with E-state index in [0.717, 1.165) is 16.6 Å². The molecule has 0 bridgehead atoms. The van der Waals surface area contributed by atoms with Gasteiger partial charge in [0.25, 0.3) is 0 Å². The SMILES string of the molecule is CCn1c(C(O)(c2ccccc2)c2ccccc2)nc2cc(O)ccc21. The molecule has 1 aromatic heterocycles. The van der Waals surface area contributed by atoms with Gasteiger partial charge >= 0.3 is 0 Å². The topological polar surface area (TPSA) is 58.3 Å². The number of hydrogen-bond acceptors (Lipinski definition) is 3. The fraction of sp³-hybridized carbons (Fsp3) is 0.136. The van der Waals surface area contributed by atoms with Crippen LogP contribution in [0.25, 0.3) is 11.0 Å². The lowest BCUT2D eigenvalue weighted by atomic mass is 9.85. The number of aryl methyl sites for hydroxylation is 1. The fourth-order valence-corrected chi connectivity index (χ4v) is 3.50. The summed E-state index contributed by atoms with van der Waals surface area (Å²) in [6.07, 6.45) is 0. The molecule has 0 atom stereocenters. The van der Waals surface area contributed by atoms with E-state index < -0.39 is 5.60 Å². The van der Waals surface area contributed by atoms with Crippen LogP contribution in [0.3, 0.4) is 0 Å². The van der Waals surface area contributed by atoms with Gasteiger partial charge in [-0.05, 0) is 30.2 Å². The third-order valence-electron chi connectivity index (χ3n) is 4.75. The van der Waals surface area contributed by atoms with Crippen LogP contribution in [0.1, 0.15) is 23.9 Å². The van der Waals surface area contributed by atoms with E-state index in [1.165, 1.54) is 0 Å². The zero-order valence-electron chi connectivity index (χ0n) is 14.5. The number of aromatic hydroxyl groups is 1. The molecule has 2 N–H and O–H groups in total. The lowest BCUT2D eigenvalue weighted by molar-refractivity contribution is 0.112. The lowest BCUT2D eigenvalue weighted by Crippen LogP contribution is -2.32. The molecule has 0 unspecified atom stereocenters. The number of nitrogens with zero attached hydrogens (tertiary/aromatic N) is 2. The number of aliphatic hydroxyl groups is 1. The number of hydrogen-bond donors (Lipinski definition) is 2. The van der Waals surface area contributed by atoms with E-state index in [9.17, 15) is 10.2 Å². The standard InChI is InChI=1S/C22H20N2O2/c1-2-24-20-14-13-18(25)15-19(20)23-21(24)22(26,16-9-5-3-6-10-16)17-11-7-4-8-12-17/h3-15,25-26H,2H2,1H3. The highest BCUT2D eigenvalue weighted by Crippen LogP contribution is 2.37. The molecule has 130 valence electrons. The summed E-state index contributed by atoms with van der Waals surface area (Å²) in [4.78, 5) is 4.72. The third-order valence-corrected chi connectivity index (χ3v) is 4.75. The van der Waals surface area contributed by atoms with Crippen molar-refractivity contribution in [3.05, 3.63) is 95.8 Å². The van der Waals surface area contributed by atoms with Crippen LogP contribution in [0.5, 0.6) is 5.75 Å². The monoisotopic (exact) mass is 344 g/mol. The summed E-state index contributed by atoms with van der Waals surface area (Å²) in [5.41, 5.74) is 1.64. The molecular formula is C22H20N2O2. The van der Waals surface area contributed by atoms with Gasteiger partial charge in [0, 0.05) is 12.6 Å². The molecule has 0 aliphatic carbocycles. The van der Waals surface area contributed by atoms with Crippen LogP contribution >= 0.6 is 0 Å². The summed E-state index contributed by atoms with van der Waals surface area (Å²) >= 11 is 0. The maximum atomic E-state index is 12.0. The van der Waals surface area contributed by atoms with Gasteiger partial charge in [0.15, 0.2) is 11.4 Å². The summed E-state index contributed by atoms with van der Waals surface area (Å²) in [6, 6.07) is 24.2. The molecule has 4 nitrogen and oxygen atoms in total. The third kappa shape index (κ3) is 2.47. The van der Waals surface area contributed by atoms with Gasteiger partial charge in [0.2, 0.25) is 0 Å². The first-order chi connectivity index (χ1) is 12.6. The molecule has 26 heavy (non-hydrogen) atoms. The molecule has 3 aromatic carbocycles. The molecular weight excluding hydrogens is 324 g/mol. The number of benzene rings is 3. The largest absolute Gasteiger partial charge is 0.508 e. The van der Waals surface area contributed by atoms with E-state index in [2.05, 4.69) is 0 Å². The van der Waals surface area contributed by atoms with Crippen molar-refractivity contribution in [2.45, 2.75) is 19.1 Å². The van der Waals surface area contributed by atoms with Crippen molar-refractivity contribution in [3.8, 4) is 5.75 Å². The van der Waals surface area contributed by atoms with Crippen molar-refractivity contribution in [2.24, 2.45) is 0 Å². The van der Waals surface area contributed by atoms with E-state index in [4.69, 9.17) is 4.98 Å². The van der Waals surface area contributed by atoms with Crippen molar-refractivity contribution in [3.63, 3.8) is 0 Å². The number of fused-ring (bicyclic) bond motifs is 1. The minimum absolute atomic E-state index is 0.160. The van der Waals surface area contributed by atoms with Crippen LogP contribution in [0.2, 0.25) is 0 Å². The first-order valence-corrected chi connectivity index (χ1v) is 8.67. The molecule has 4 rings (SSSR count). The summed E-state index contributed by atoms with van der Waals surface area (Å²) in [7, 11) is 0. The summed E-state index contributed by atoms with van der Waals surface area (Å²) in [5.74, 6) is 0.700. The predicted octanol–water partition coefficient (Wildman–Crippen LogP) is 4.05. The first kappa shape index (κ1) is 16.4. The van der Waals surface area contributed by atoms with Gasteiger partial charge < -0.3 is 14.8 Å². The van der Waals surface area contributed by atoms with Gasteiger partial charge in [-0.3, -0.25) is 0 Å². The van der Waals surface area contributed by atoms with E-state index >= 15 is 0 Å². The fourth-order valence-electron chi connectivity index (χ4n) is 3.50. The molecule has 0 saturated heterocycles. The Kier molecular flexibility index (Phi) is 3.98. The van der Waals surface area contributed by atoms with Crippen LogP contribution in [0, 0.1) is 0 Å². The Morgan fingerprint density at radius 2 is 1.46 bits per heavy atom. The average molecular weight is 344 g/mol. The van der Waals surface area contributed by atoms with E-state index in [0.29, 0.717) is 17.9 Å². The normalized spacial score (nSPS) is 11.8. The molecule has 4 aromatic rings. The van der Waals surface area contributed by atoms with Gasteiger partial charge in [-0.1, -0.05) is 60.7 Å². The predicted molar refractivity (Wildman–Crippen MR) is 102 cm³/mol. The maximum Gasteiger partial charge on any atom is 0.173 e. The van der Waals surface area contributed by atoms with Crippen LogP contribution in [0.15, 0.2) is 78.9 Å². The van der Waals surface area contributed by atoms with E-state index in [1.54, 1.807) is 12.1 Å². The second-order valence-electron chi connectivity index (χ2n) is 6.30. The minimum Gasteiger partial charge on any atom is -0.508 e. The second kappa shape index (κ2) is 6.32. The summed E-state index contributed by atoms with van der Waals surface area (Å²) < 4.78 is 1.99. The molecule has 0 aliphatic heterocycles. The lowest BCUT2D eigenvalue weighted by Gasteiger charge is -2.29. The Morgan fingerprint density at radius 3 is 2.00 bits per heavy atom. The Labute approximate surface area is 152 Å². The highest BCUT2D eigenvalue weighted by Gasteiger charge is 2.38. The molecule has 0 aliphatic rings. The zero-order chi connectivity index (χ0) is 18.1. The Morgan fingerprint density at radius 1 is 0.885 bits per heavy atom. The van der Waals surface area contributed by atoms with Crippen LogP contribution in [-0.2, 0) is 12.1 Å². The van der Waals surface area contributed by atoms with Gasteiger partial charge in [0.1, 0.15) is 5.75 Å². The molecule has 0 fully saturated rings. The molecule has 4 heteroatoms. The number of phenols is 1. The molecule has 0 saturated carbocycles. The van der Waals surface area contributed by atoms with Crippen molar-refractivity contribution in [1.29, 1.82) is 0 Å². The smallest absolute Gasteiger partial charge is 0.173 e. The van der Waals surface area contributed by atoms with E-state index in [1.807, 2.05) is 78.2 Å². The maximum absolute atomic E-state index is 12.0. The molecule has 0 radical (unpaired) electrons. The van der Waals surface area contributed by atoms with Gasteiger partial charge in [0.05, 0.1) is 11.0 Å². The van der Waals surface area contributed by atoms with Crippen molar-refractivity contribution in [1.82, 2.24) is 9.55 Å². The molecule has 1 heterocycles. The number of imidazole rings is 1. The van der Waals surface area contributed by atoms with Crippen LogP contribution in [-0.4, -0.2) is 19.8 Å². The highest BCUT2D eigenvalue weighted by molar-refractivity contribution is 5.78. The van der Waals surface area contributed by atoms with Crippen LogP contribution < -0.4 is 0 Å². The van der Waals surface area contributed by atoms with Crippen molar-refractivity contribution >= 4 is 11.0 Å². The van der Waals surface area contributed by atoms with Gasteiger partial charge in [-0.2, -0.15) is 0 Å². The second-order valence-corrected chi connectivity index (χ2v) is 6.30.